The first-order chi connectivity index (χ1) is 38.3. The van der Waals surface area contributed by atoms with Crippen molar-refractivity contribution in [1.29, 1.82) is 0 Å². The molecule has 0 aromatic carbocycles. The van der Waals surface area contributed by atoms with Crippen molar-refractivity contribution in [2.24, 2.45) is 0 Å². The van der Waals surface area contributed by atoms with E-state index in [0.717, 1.165) is 0 Å². The van der Waals surface area contributed by atoms with Crippen molar-refractivity contribution in [3.8, 4) is 0 Å². The van der Waals surface area contributed by atoms with E-state index in [1.165, 1.54) is 0 Å². The number of carboxylic acid groups (broad SMARTS) is 1. The Balaban J connectivity index is 3.08. The van der Waals surface area contributed by atoms with E-state index >= 15 is 0 Å². The number of hydrogen-bond acceptors (Lipinski definition) is 26. The number of carboxylic acids is 1. The van der Waals surface area contributed by atoms with Crippen LogP contribution in [0.1, 0.15) is 0 Å². The van der Waals surface area contributed by atoms with Crippen LogP contribution in [-0.2, 0) is 118 Å². The molecule has 77 heavy (non-hydrogen) atoms. The minimum absolute atomic E-state index is 0.0167. The molecule has 27 heteroatoms. The highest BCUT2D eigenvalue weighted by molar-refractivity contribution is 5.67. The van der Waals surface area contributed by atoms with Crippen LogP contribution >= 0.6 is 0 Å². The number of hydrogen-bond donors (Lipinski definition) is 2. The first kappa shape index (κ1) is 75.5. The lowest BCUT2D eigenvalue weighted by molar-refractivity contribution is -0.142. The molecule has 462 valence electrons. The molecule has 27 nitrogen and oxygen atoms in total. The highest BCUT2D eigenvalue weighted by atomic mass is 16.6. The van der Waals surface area contributed by atoms with E-state index in [0.29, 0.717) is 304 Å². The van der Waals surface area contributed by atoms with Crippen LogP contribution in [0.3, 0.4) is 0 Å². The van der Waals surface area contributed by atoms with E-state index < -0.39 is 5.97 Å². The Morgan fingerprint density at radius 1 is 0.169 bits per heavy atom. The summed E-state index contributed by atoms with van der Waals surface area (Å²) in [5.41, 5.74) is 0. The maximum atomic E-state index is 10.3. The summed E-state index contributed by atoms with van der Waals surface area (Å²) < 4.78 is 130. The largest absolute Gasteiger partial charge is 0.480 e. The fraction of sp³-hybridized carbons (Fsp3) is 0.980. The molecule has 0 aromatic rings. The third kappa shape index (κ3) is 74.5. The van der Waals surface area contributed by atoms with Crippen LogP contribution in [-0.4, -0.2) is 340 Å². The lowest BCUT2D eigenvalue weighted by Gasteiger charge is -2.09. The van der Waals surface area contributed by atoms with E-state index in [-0.39, 0.29) is 19.8 Å². The molecule has 0 saturated heterocycles. The highest BCUT2D eigenvalue weighted by Crippen LogP contribution is 1.91. The molecule has 0 bridgehead atoms. The smallest absolute Gasteiger partial charge is 0.329 e. The molecule has 0 aromatic heterocycles. The summed E-state index contributed by atoms with van der Waals surface area (Å²) in [5.74, 6) is -1.00. The number of aliphatic hydroxyl groups is 1. The Morgan fingerprint density at radius 3 is 0.351 bits per heavy atom. The highest BCUT2D eigenvalue weighted by Gasteiger charge is 2.01. The van der Waals surface area contributed by atoms with E-state index in [4.69, 9.17) is 124 Å². The van der Waals surface area contributed by atoms with Gasteiger partial charge >= 0.3 is 5.97 Å². The zero-order valence-corrected chi connectivity index (χ0v) is 46.2. The van der Waals surface area contributed by atoms with Gasteiger partial charge in [0, 0.05) is 0 Å². The van der Waals surface area contributed by atoms with Gasteiger partial charge in [0.05, 0.1) is 317 Å². The molecule has 0 saturated carbocycles. The Hall–Kier alpha value is -1.53. The van der Waals surface area contributed by atoms with Gasteiger partial charge in [0.2, 0.25) is 0 Å². The fourth-order valence-electron chi connectivity index (χ4n) is 5.28. The molecule has 0 unspecified atom stereocenters. The third-order valence-electron chi connectivity index (χ3n) is 9.02. The second kappa shape index (κ2) is 72.5. The zero-order chi connectivity index (χ0) is 55.2. The van der Waals surface area contributed by atoms with Gasteiger partial charge in [-0.15, -0.1) is 0 Å². The van der Waals surface area contributed by atoms with Crippen molar-refractivity contribution >= 4 is 5.97 Å². The quantitative estimate of drug-likeness (QED) is 0.0724. The Morgan fingerprint density at radius 2 is 0.260 bits per heavy atom. The average molecular weight is 1130 g/mol. The summed E-state index contributed by atoms with van der Waals surface area (Å²) in [7, 11) is 0. The predicted molar refractivity (Wildman–Crippen MR) is 274 cm³/mol. The molecule has 0 spiro atoms. The molecule has 0 aliphatic heterocycles. The van der Waals surface area contributed by atoms with Crippen LogP contribution in [0.5, 0.6) is 0 Å². The molecule has 0 heterocycles. The second-order valence-corrected chi connectivity index (χ2v) is 15.3. The molecule has 0 amide bonds. The molecule has 0 atom stereocenters. The molecular weight excluding hydrogens is 1030 g/mol. The lowest BCUT2D eigenvalue weighted by Crippen LogP contribution is -2.16. The number of aliphatic carboxylic acids is 1. The lowest BCUT2D eigenvalue weighted by atomic mass is 10.6. The van der Waals surface area contributed by atoms with Crippen molar-refractivity contribution in [2.45, 2.75) is 0 Å². The number of carbonyl (C=O) groups is 1. The number of ether oxygens (including phenoxy) is 24. The van der Waals surface area contributed by atoms with Crippen molar-refractivity contribution < 1.29 is 129 Å². The molecule has 2 N–H and O–H groups in total. The van der Waals surface area contributed by atoms with Crippen LogP contribution in [0.2, 0.25) is 0 Å². The molecule has 0 aliphatic rings. The van der Waals surface area contributed by atoms with Crippen molar-refractivity contribution in [3.05, 3.63) is 0 Å². The van der Waals surface area contributed by atoms with Gasteiger partial charge in [-0.1, -0.05) is 0 Å². The standard InChI is InChI=1S/C50H100O27/c51-1-2-54-3-4-55-5-6-56-7-8-57-9-10-58-11-12-59-13-14-60-15-16-61-17-18-62-19-20-63-21-22-64-23-24-65-25-26-66-27-28-67-29-30-68-31-32-69-33-34-70-35-36-71-37-38-72-39-40-73-41-42-74-43-44-75-45-46-76-47-48-77-49-50(52)53/h51H,1-49H2,(H,52,53). The zero-order valence-electron chi connectivity index (χ0n) is 46.2. The van der Waals surface area contributed by atoms with Gasteiger partial charge in [-0.2, -0.15) is 0 Å². The van der Waals surface area contributed by atoms with Gasteiger partial charge in [-0.05, 0) is 0 Å². The molecule has 0 rings (SSSR count). The number of rotatable bonds is 73. The Kier molecular flexibility index (Phi) is 71.0. The summed E-state index contributed by atoms with van der Waals surface area (Å²) in [5, 5.41) is 17.1. The van der Waals surface area contributed by atoms with E-state index in [1.54, 1.807) is 0 Å². The first-order valence-corrected chi connectivity index (χ1v) is 27.0. The van der Waals surface area contributed by atoms with Crippen molar-refractivity contribution in [3.63, 3.8) is 0 Å². The van der Waals surface area contributed by atoms with E-state index in [1.807, 2.05) is 0 Å². The summed E-state index contributed by atoms with van der Waals surface area (Å²) in [6.07, 6.45) is 0. The van der Waals surface area contributed by atoms with Gasteiger partial charge in [0.1, 0.15) is 6.61 Å². The van der Waals surface area contributed by atoms with Gasteiger partial charge in [0.25, 0.3) is 0 Å². The van der Waals surface area contributed by atoms with Crippen molar-refractivity contribution in [1.82, 2.24) is 0 Å². The summed E-state index contributed by atoms with van der Waals surface area (Å²) in [6, 6.07) is 0. The van der Waals surface area contributed by atoms with E-state index in [9.17, 15) is 4.79 Å². The Bertz CT molecular complexity index is 1060. The normalized spacial score (nSPS) is 11.7. The van der Waals surface area contributed by atoms with Crippen LogP contribution in [0, 0.1) is 0 Å². The minimum Gasteiger partial charge on any atom is -0.480 e. The monoisotopic (exact) mass is 1130 g/mol. The van der Waals surface area contributed by atoms with Gasteiger partial charge < -0.3 is 124 Å². The summed E-state index contributed by atoms with van der Waals surface area (Å²) in [6.45, 7) is 21.5. The van der Waals surface area contributed by atoms with Gasteiger partial charge in [-0.25, -0.2) is 4.79 Å². The van der Waals surface area contributed by atoms with Crippen LogP contribution in [0.4, 0.5) is 0 Å². The predicted octanol–water partition coefficient (Wildman–Crippen LogP) is -0.538. The van der Waals surface area contributed by atoms with Gasteiger partial charge in [0.15, 0.2) is 0 Å². The summed E-state index contributed by atoms with van der Waals surface area (Å²) in [4.78, 5) is 10.3. The molecular formula is C50H100O27. The fourth-order valence-corrected chi connectivity index (χ4v) is 5.28. The molecule has 0 aliphatic carbocycles. The second-order valence-electron chi connectivity index (χ2n) is 15.3. The van der Waals surface area contributed by atoms with E-state index in [2.05, 4.69) is 0 Å². The first-order valence-electron chi connectivity index (χ1n) is 27.0. The minimum atomic E-state index is -1.00. The third-order valence-corrected chi connectivity index (χ3v) is 9.02. The average Bonchev–Trinajstić information content (AvgIpc) is 3.43. The maximum absolute atomic E-state index is 10.3. The van der Waals surface area contributed by atoms with Crippen LogP contribution in [0.15, 0.2) is 0 Å². The van der Waals surface area contributed by atoms with Gasteiger partial charge in [-0.3, -0.25) is 0 Å². The Labute approximate surface area is 457 Å². The molecule has 0 radical (unpaired) electrons. The van der Waals surface area contributed by atoms with Crippen molar-refractivity contribution in [2.75, 3.05) is 324 Å². The van der Waals surface area contributed by atoms with Crippen LogP contribution < -0.4 is 0 Å². The van der Waals surface area contributed by atoms with Crippen LogP contribution in [0.25, 0.3) is 0 Å². The topological polar surface area (TPSA) is 279 Å². The maximum Gasteiger partial charge on any atom is 0.329 e. The molecule has 0 fully saturated rings. The number of aliphatic hydroxyl groups excluding tert-OH is 1. The summed E-state index contributed by atoms with van der Waals surface area (Å²) >= 11 is 0. The SMILES string of the molecule is O=C(O)COCCOCCOCCOCCOCCOCCOCCOCCOCCOCCOCCOCCOCCOCCOCCOCCOCCOCCOCCOCCOCCOCCOCCOCCO.